The molecule has 0 aliphatic heterocycles. The molecular weight excluding hydrogens is 230 g/mol. The van der Waals surface area contributed by atoms with Crippen molar-refractivity contribution >= 4 is 16.5 Å². The number of anilines is 1. The van der Waals surface area contributed by atoms with E-state index >= 15 is 0 Å². The van der Waals surface area contributed by atoms with E-state index in [4.69, 9.17) is 0 Å². The maximum Gasteiger partial charge on any atom is 0.0485 e. The van der Waals surface area contributed by atoms with Crippen molar-refractivity contribution in [3.05, 3.63) is 78.4 Å². The Bertz CT molecular complexity index is 673. The molecule has 94 valence electrons. The summed E-state index contributed by atoms with van der Waals surface area (Å²) in [7, 11) is 0. The topological polar surface area (TPSA) is 12.0 Å². The highest BCUT2D eigenvalue weighted by molar-refractivity contribution is 5.83. The summed E-state index contributed by atoms with van der Waals surface area (Å²) >= 11 is 0. The third-order valence-corrected chi connectivity index (χ3v) is 3.43. The molecule has 0 saturated carbocycles. The van der Waals surface area contributed by atoms with Crippen LogP contribution in [0.25, 0.3) is 10.8 Å². The van der Waals surface area contributed by atoms with Gasteiger partial charge in [-0.15, -0.1) is 0 Å². The lowest BCUT2D eigenvalue weighted by Gasteiger charge is -2.16. The molecule has 0 saturated heterocycles. The van der Waals surface area contributed by atoms with E-state index in [1.165, 1.54) is 16.3 Å². The van der Waals surface area contributed by atoms with Gasteiger partial charge in [0.1, 0.15) is 0 Å². The molecule has 1 N–H and O–H groups in total. The van der Waals surface area contributed by atoms with E-state index in [2.05, 4.69) is 79.0 Å². The van der Waals surface area contributed by atoms with Gasteiger partial charge in [0.2, 0.25) is 0 Å². The SMILES string of the molecule is CC(Nc1ccccc1)c1ccc2ccccc2c1. The fraction of sp³-hybridized carbons (Fsp3) is 0.111. The quantitative estimate of drug-likeness (QED) is 0.685. The van der Waals surface area contributed by atoms with Gasteiger partial charge in [-0.2, -0.15) is 0 Å². The highest BCUT2D eigenvalue weighted by atomic mass is 14.9. The second kappa shape index (κ2) is 5.15. The Morgan fingerprint density at radius 2 is 1.42 bits per heavy atom. The molecule has 1 nitrogen and oxygen atoms in total. The molecule has 19 heavy (non-hydrogen) atoms. The maximum atomic E-state index is 3.52. The van der Waals surface area contributed by atoms with E-state index < -0.39 is 0 Å². The smallest absolute Gasteiger partial charge is 0.0485 e. The number of nitrogens with one attached hydrogen (secondary N) is 1. The van der Waals surface area contributed by atoms with Crippen molar-refractivity contribution in [2.45, 2.75) is 13.0 Å². The lowest BCUT2D eigenvalue weighted by molar-refractivity contribution is 0.887. The van der Waals surface area contributed by atoms with E-state index in [-0.39, 0.29) is 0 Å². The van der Waals surface area contributed by atoms with Gasteiger partial charge in [0.25, 0.3) is 0 Å². The van der Waals surface area contributed by atoms with Gasteiger partial charge in [-0.3, -0.25) is 0 Å². The molecule has 0 heterocycles. The van der Waals surface area contributed by atoms with Crippen molar-refractivity contribution in [2.75, 3.05) is 5.32 Å². The molecule has 1 heteroatoms. The Hall–Kier alpha value is -2.28. The Morgan fingerprint density at radius 3 is 2.21 bits per heavy atom. The third kappa shape index (κ3) is 2.60. The van der Waals surface area contributed by atoms with Gasteiger partial charge in [-0.25, -0.2) is 0 Å². The second-order valence-electron chi connectivity index (χ2n) is 4.84. The predicted octanol–water partition coefficient (Wildman–Crippen LogP) is 5.01. The number of benzene rings is 3. The van der Waals surface area contributed by atoms with Gasteiger partial charge in [-0.05, 0) is 41.5 Å². The first-order valence-electron chi connectivity index (χ1n) is 6.63. The highest BCUT2D eigenvalue weighted by Gasteiger charge is 2.05. The van der Waals surface area contributed by atoms with Crippen LogP contribution in [0.15, 0.2) is 72.8 Å². The summed E-state index contributed by atoms with van der Waals surface area (Å²) in [6.07, 6.45) is 0. The molecule has 0 spiro atoms. The van der Waals surface area contributed by atoms with Gasteiger partial charge in [0.15, 0.2) is 0 Å². The highest BCUT2D eigenvalue weighted by Crippen LogP contribution is 2.23. The van der Waals surface area contributed by atoms with Crippen LogP contribution in [-0.2, 0) is 0 Å². The Labute approximate surface area is 113 Å². The summed E-state index contributed by atoms with van der Waals surface area (Å²) in [5, 5.41) is 6.11. The van der Waals surface area contributed by atoms with Crippen LogP contribution in [0.3, 0.4) is 0 Å². The van der Waals surface area contributed by atoms with E-state index in [0.717, 1.165) is 5.69 Å². The number of fused-ring (bicyclic) bond motifs is 1. The van der Waals surface area contributed by atoms with Crippen molar-refractivity contribution in [3.63, 3.8) is 0 Å². The van der Waals surface area contributed by atoms with Crippen LogP contribution >= 0.6 is 0 Å². The van der Waals surface area contributed by atoms with Crippen LogP contribution in [0, 0.1) is 0 Å². The monoisotopic (exact) mass is 247 g/mol. The Balaban J connectivity index is 1.87. The molecule has 3 rings (SSSR count). The van der Waals surface area contributed by atoms with Crippen LogP contribution in [-0.4, -0.2) is 0 Å². The van der Waals surface area contributed by atoms with Crippen molar-refractivity contribution in [3.8, 4) is 0 Å². The zero-order valence-corrected chi connectivity index (χ0v) is 11.0. The lowest BCUT2D eigenvalue weighted by atomic mass is 10.0. The minimum Gasteiger partial charge on any atom is -0.379 e. The normalized spacial score (nSPS) is 12.3. The number of hydrogen-bond acceptors (Lipinski definition) is 1. The molecule has 1 atom stereocenters. The minimum atomic E-state index is 0.298. The molecular formula is C18H17N. The van der Waals surface area contributed by atoms with Crippen LogP contribution < -0.4 is 5.32 Å². The number of rotatable bonds is 3. The second-order valence-corrected chi connectivity index (χ2v) is 4.84. The maximum absolute atomic E-state index is 3.52. The Morgan fingerprint density at radius 1 is 0.737 bits per heavy atom. The van der Waals surface area contributed by atoms with Crippen LogP contribution in [0.5, 0.6) is 0 Å². The summed E-state index contributed by atoms with van der Waals surface area (Å²) < 4.78 is 0. The zero-order valence-electron chi connectivity index (χ0n) is 11.0. The summed E-state index contributed by atoms with van der Waals surface area (Å²) in [6, 6.07) is 25.7. The third-order valence-electron chi connectivity index (χ3n) is 3.43. The molecule has 0 fully saturated rings. The molecule has 0 radical (unpaired) electrons. The first-order valence-corrected chi connectivity index (χ1v) is 6.63. The van der Waals surface area contributed by atoms with E-state index in [1.807, 2.05) is 6.07 Å². The van der Waals surface area contributed by atoms with Crippen molar-refractivity contribution in [1.82, 2.24) is 0 Å². The fourth-order valence-corrected chi connectivity index (χ4v) is 2.34. The molecule has 0 bridgehead atoms. The lowest BCUT2D eigenvalue weighted by Crippen LogP contribution is -2.06. The average molecular weight is 247 g/mol. The first-order chi connectivity index (χ1) is 9.33. The molecule has 3 aromatic rings. The molecule has 0 aliphatic rings. The van der Waals surface area contributed by atoms with Crippen LogP contribution in [0.1, 0.15) is 18.5 Å². The molecule has 0 aromatic heterocycles. The standard InChI is InChI=1S/C18H17N/c1-14(19-18-9-3-2-4-10-18)16-12-11-15-7-5-6-8-17(15)13-16/h2-14,19H,1H3. The fourth-order valence-electron chi connectivity index (χ4n) is 2.34. The zero-order chi connectivity index (χ0) is 13.1. The summed E-state index contributed by atoms with van der Waals surface area (Å²) in [6.45, 7) is 2.19. The first kappa shape index (κ1) is 11.8. The molecule has 0 aliphatic carbocycles. The van der Waals surface area contributed by atoms with E-state index in [1.54, 1.807) is 0 Å². The van der Waals surface area contributed by atoms with Crippen LogP contribution in [0.2, 0.25) is 0 Å². The minimum absolute atomic E-state index is 0.298. The predicted molar refractivity (Wildman–Crippen MR) is 82.4 cm³/mol. The van der Waals surface area contributed by atoms with Gasteiger partial charge >= 0.3 is 0 Å². The van der Waals surface area contributed by atoms with Gasteiger partial charge in [0.05, 0.1) is 0 Å². The summed E-state index contributed by atoms with van der Waals surface area (Å²) in [5.74, 6) is 0. The van der Waals surface area contributed by atoms with Crippen molar-refractivity contribution in [1.29, 1.82) is 0 Å². The Kier molecular flexibility index (Phi) is 3.20. The summed E-state index contributed by atoms with van der Waals surface area (Å²) in [4.78, 5) is 0. The van der Waals surface area contributed by atoms with Crippen LogP contribution in [0.4, 0.5) is 5.69 Å². The largest absolute Gasteiger partial charge is 0.379 e. The molecule has 0 amide bonds. The number of para-hydroxylation sites is 1. The molecule has 3 aromatic carbocycles. The van der Waals surface area contributed by atoms with Crippen molar-refractivity contribution in [2.24, 2.45) is 0 Å². The number of hydrogen-bond donors (Lipinski definition) is 1. The van der Waals surface area contributed by atoms with Gasteiger partial charge in [-0.1, -0.05) is 54.6 Å². The van der Waals surface area contributed by atoms with E-state index in [9.17, 15) is 0 Å². The van der Waals surface area contributed by atoms with Gasteiger partial charge < -0.3 is 5.32 Å². The average Bonchev–Trinajstić information content (AvgIpc) is 2.48. The summed E-state index contributed by atoms with van der Waals surface area (Å²) in [5.41, 5.74) is 2.46. The molecule has 1 unspecified atom stereocenters. The van der Waals surface area contributed by atoms with Gasteiger partial charge in [0, 0.05) is 11.7 Å². The van der Waals surface area contributed by atoms with E-state index in [0.29, 0.717) is 6.04 Å². The van der Waals surface area contributed by atoms with Crippen molar-refractivity contribution < 1.29 is 0 Å².